The zero-order chi connectivity index (χ0) is 17.8. The number of amides is 1. The summed E-state index contributed by atoms with van der Waals surface area (Å²) in [4.78, 5) is 29.3. The van der Waals surface area contributed by atoms with Crippen molar-refractivity contribution in [1.29, 1.82) is 0 Å². The third-order valence-electron chi connectivity index (χ3n) is 3.94. The zero-order valence-corrected chi connectivity index (χ0v) is 14.1. The van der Waals surface area contributed by atoms with Crippen LogP contribution in [-0.4, -0.2) is 29.1 Å². The maximum Gasteiger partial charge on any atom is 0.253 e. The molecule has 0 atom stereocenters. The van der Waals surface area contributed by atoms with Gasteiger partial charge in [0, 0.05) is 23.7 Å². The first-order valence-electron chi connectivity index (χ1n) is 7.91. The van der Waals surface area contributed by atoms with E-state index in [0.29, 0.717) is 29.3 Å². The zero-order valence-electron chi connectivity index (χ0n) is 14.1. The van der Waals surface area contributed by atoms with Crippen LogP contribution in [0.4, 0.5) is 0 Å². The van der Waals surface area contributed by atoms with Crippen LogP contribution < -0.4 is 0 Å². The van der Waals surface area contributed by atoms with Gasteiger partial charge in [0.1, 0.15) is 17.7 Å². The Bertz CT molecular complexity index is 883. The summed E-state index contributed by atoms with van der Waals surface area (Å²) < 4.78 is 5.73. The first-order chi connectivity index (χ1) is 12.1. The second-order valence-corrected chi connectivity index (χ2v) is 5.79. The molecule has 0 bridgehead atoms. The molecule has 2 aromatic carbocycles. The smallest absolute Gasteiger partial charge is 0.253 e. The van der Waals surface area contributed by atoms with Gasteiger partial charge < -0.3 is 9.32 Å². The van der Waals surface area contributed by atoms with Gasteiger partial charge in [-0.3, -0.25) is 9.59 Å². The number of hydrogen-bond acceptors (Lipinski definition) is 4. The molecule has 1 amide bonds. The molecule has 0 saturated carbocycles. The molecule has 0 spiro atoms. The number of aromatic nitrogens is 1. The first-order valence-corrected chi connectivity index (χ1v) is 7.91. The van der Waals surface area contributed by atoms with E-state index in [-0.39, 0.29) is 5.91 Å². The molecule has 3 aromatic rings. The molecule has 0 fully saturated rings. The minimum Gasteiger partial charge on any atom is -0.441 e. The van der Waals surface area contributed by atoms with Gasteiger partial charge in [-0.2, -0.15) is 0 Å². The summed E-state index contributed by atoms with van der Waals surface area (Å²) in [6.07, 6.45) is 0.752. The maximum absolute atomic E-state index is 12.5. The molecular weight excluding hydrogens is 316 g/mol. The molecule has 0 N–H and O–H groups in total. The summed E-state index contributed by atoms with van der Waals surface area (Å²) in [6.45, 7) is 2.18. The number of oxazole rings is 1. The van der Waals surface area contributed by atoms with E-state index in [1.54, 1.807) is 36.2 Å². The van der Waals surface area contributed by atoms with Gasteiger partial charge in [-0.1, -0.05) is 30.3 Å². The van der Waals surface area contributed by atoms with Crippen LogP contribution in [0.5, 0.6) is 0 Å². The van der Waals surface area contributed by atoms with E-state index in [1.165, 1.54) is 0 Å². The predicted molar refractivity (Wildman–Crippen MR) is 94.3 cm³/mol. The van der Waals surface area contributed by atoms with Crippen LogP contribution >= 0.6 is 0 Å². The molecule has 25 heavy (non-hydrogen) atoms. The molecule has 0 aliphatic heterocycles. The molecule has 126 valence electrons. The Morgan fingerprint density at radius 2 is 1.80 bits per heavy atom. The number of carbonyl (C=O) groups excluding carboxylic acids is 2. The Kier molecular flexibility index (Phi) is 4.75. The monoisotopic (exact) mass is 334 g/mol. The van der Waals surface area contributed by atoms with Crippen LogP contribution in [0.1, 0.15) is 32.2 Å². The fourth-order valence-corrected chi connectivity index (χ4v) is 2.50. The average molecular weight is 334 g/mol. The summed E-state index contributed by atoms with van der Waals surface area (Å²) in [7, 11) is 1.71. The SMILES string of the molecule is Cc1oc(-c2ccccc2)nc1CN(C)C(=O)c1ccc(C=O)cc1. The minimum absolute atomic E-state index is 0.138. The Labute approximate surface area is 145 Å². The standard InChI is InChI=1S/C20H18N2O3/c1-14-18(21-19(25-14)16-6-4-3-5-7-16)12-22(2)20(24)17-10-8-15(13-23)9-11-17/h3-11,13H,12H2,1-2H3. The molecule has 5 heteroatoms. The van der Waals surface area contributed by atoms with E-state index in [0.717, 1.165) is 17.5 Å². The fraction of sp³-hybridized carbons (Fsp3) is 0.150. The number of rotatable bonds is 5. The lowest BCUT2D eigenvalue weighted by molar-refractivity contribution is 0.0783. The molecule has 0 aliphatic rings. The summed E-state index contributed by atoms with van der Waals surface area (Å²) in [5.41, 5.74) is 2.69. The van der Waals surface area contributed by atoms with Gasteiger partial charge in [-0.05, 0) is 31.2 Å². The van der Waals surface area contributed by atoms with E-state index < -0.39 is 0 Å². The van der Waals surface area contributed by atoms with Gasteiger partial charge in [-0.25, -0.2) is 4.98 Å². The second-order valence-electron chi connectivity index (χ2n) is 5.79. The number of hydrogen-bond donors (Lipinski definition) is 0. The van der Waals surface area contributed by atoms with Crippen molar-refractivity contribution in [3.63, 3.8) is 0 Å². The van der Waals surface area contributed by atoms with E-state index >= 15 is 0 Å². The summed E-state index contributed by atoms with van der Waals surface area (Å²) in [6, 6.07) is 16.2. The highest BCUT2D eigenvalue weighted by molar-refractivity contribution is 5.94. The van der Waals surface area contributed by atoms with Crippen LogP contribution in [0.3, 0.4) is 0 Å². The largest absolute Gasteiger partial charge is 0.441 e. The fourth-order valence-electron chi connectivity index (χ4n) is 2.50. The van der Waals surface area contributed by atoms with Gasteiger partial charge in [0.2, 0.25) is 5.89 Å². The molecule has 1 heterocycles. The van der Waals surface area contributed by atoms with Crippen LogP contribution in [0.25, 0.3) is 11.5 Å². The van der Waals surface area contributed by atoms with Crippen LogP contribution in [-0.2, 0) is 6.54 Å². The number of nitrogens with zero attached hydrogens (tertiary/aromatic N) is 2. The summed E-state index contributed by atoms with van der Waals surface area (Å²) in [5.74, 6) is 1.10. The van der Waals surface area contributed by atoms with E-state index in [2.05, 4.69) is 4.98 Å². The van der Waals surface area contributed by atoms with E-state index in [9.17, 15) is 9.59 Å². The highest BCUT2D eigenvalue weighted by Gasteiger charge is 2.17. The predicted octanol–water partition coefficient (Wildman–Crippen LogP) is 3.73. The number of benzene rings is 2. The summed E-state index contributed by atoms with van der Waals surface area (Å²) in [5, 5.41) is 0. The molecular formula is C20H18N2O3. The molecule has 3 rings (SSSR count). The van der Waals surface area contributed by atoms with Crippen molar-refractivity contribution in [2.24, 2.45) is 0 Å². The highest BCUT2D eigenvalue weighted by atomic mass is 16.4. The van der Waals surface area contributed by atoms with Gasteiger partial charge in [-0.15, -0.1) is 0 Å². The van der Waals surface area contributed by atoms with Crippen LogP contribution in [0, 0.1) is 6.92 Å². The second kappa shape index (κ2) is 7.13. The molecule has 1 aromatic heterocycles. The molecule has 0 radical (unpaired) electrons. The van der Waals surface area contributed by atoms with Crippen molar-refractivity contribution in [3.8, 4) is 11.5 Å². The van der Waals surface area contributed by atoms with Crippen LogP contribution in [0.15, 0.2) is 59.0 Å². The van der Waals surface area contributed by atoms with Gasteiger partial charge in [0.05, 0.1) is 6.54 Å². The quantitative estimate of drug-likeness (QED) is 0.667. The molecule has 5 nitrogen and oxygen atoms in total. The molecule has 0 unspecified atom stereocenters. The third-order valence-corrected chi connectivity index (χ3v) is 3.94. The normalized spacial score (nSPS) is 10.5. The third kappa shape index (κ3) is 3.66. The van der Waals surface area contributed by atoms with Crippen molar-refractivity contribution < 1.29 is 14.0 Å². The summed E-state index contributed by atoms with van der Waals surface area (Å²) >= 11 is 0. The lowest BCUT2D eigenvalue weighted by Gasteiger charge is -2.16. The number of aldehydes is 1. The number of carbonyl (C=O) groups is 2. The van der Waals surface area contributed by atoms with Gasteiger partial charge >= 0.3 is 0 Å². The lowest BCUT2D eigenvalue weighted by atomic mass is 10.1. The average Bonchev–Trinajstić information content (AvgIpc) is 3.02. The molecule has 0 aliphatic carbocycles. The van der Waals surface area contributed by atoms with Crippen LogP contribution in [0.2, 0.25) is 0 Å². The van der Waals surface area contributed by atoms with Crippen molar-refractivity contribution in [2.75, 3.05) is 7.05 Å². The topological polar surface area (TPSA) is 63.4 Å². The van der Waals surface area contributed by atoms with Gasteiger partial charge in [0.15, 0.2) is 0 Å². The maximum atomic E-state index is 12.5. The van der Waals surface area contributed by atoms with Crippen molar-refractivity contribution in [2.45, 2.75) is 13.5 Å². The van der Waals surface area contributed by atoms with Gasteiger partial charge in [0.25, 0.3) is 5.91 Å². The number of aryl methyl sites for hydroxylation is 1. The van der Waals surface area contributed by atoms with Crippen molar-refractivity contribution in [1.82, 2.24) is 9.88 Å². The first kappa shape index (κ1) is 16.6. The van der Waals surface area contributed by atoms with E-state index in [4.69, 9.17) is 4.42 Å². The Balaban J connectivity index is 1.76. The van der Waals surface area contributed by atoms with E-state index in [1.807, 2.05) is 37.3 Å². The molecule has 0 saturated heterocycles. The highest BCUT2D eigenvalue weighted by Crippen LogP contribution is 2.22. The Morgan fingerprint density at radius 3 is 2.44 bits per heavy atom. The van der Waals surface area contributed by atoms with Crippen molar-refractivity contribution >= 4 is 12.2 Å². The minimum atomic E-state index is -0.138. The lowest BCUT2D eigenvalue weighted by Crippen LogP contribution is -2.26. The van der Waals surface area contributed by atoms with Crippen molar-refractivity contribution in [3.05, 3.63) is 77.2 Å². The Morgan fingerprint density at radius 1 is 1.12 bits per heavy atom. The Hall–Kier alpha value is -3.21.